The van der Waals surface area contributed by atoms with Gasteiger partial charge in [0.25, 0.3) is 0 Å². The number of nitrogens with zero attached hydrogens (tertiary/aromatic N) is 2. The lowest BCUT2D eigenvalue weighted by Gasteiger charge is -2.31. The van der Waals surface area contributed by atoms with Crippen molar-refractivity contribution >= 4 is 11.6 Å². The molecule has 21 heavy (non-hydrogen) atoms. The molecule has 0 amide bonds. The Kier molecular flexibility index (Phi) is 5.88. The van der Waals surface area contributed by atoms with Gasteiger partial charge in [-0.15, -0.1) is 0 Å². The molecule has 2 unspecified atom stereocenters. The molecule has 0 saturated carbocycles. The Balaban J connectivity index is 2.12. The Hall–Kier alpha value is -0.810. The number of ether oxygens (including phenoxy) is 1. The van der Waals surface area contributed by atoms with Crippen LogP contribution in [0.25, 0.3) is 0 Å². The molecule has 0 aliphatic carbocycles. The van der Waals surface area contributed by atoms with Crippen molar-refractivity contribution in [2.45, 2.75) is 25.0 Å². The number of hydrogen-bond donors (Lipinski definition) is 1. The zero-order chi connectivity index (χ0) is 15.4. The lowest BCUT2D eigenvalue weighted by molar-refractivity contribution is 0.0577. The molecule has 1 fully saturated rings. The van der Waals surface area contributed by atoms with Crippen LogP contribution in [0.15, 0.2) is 18.2 Å². The van der Waals surface area contributed by atoms with Gasteiger partial charge in [0.2, 0.25) is 0 Å². The van der Waals surface area contributed by atoms with Crippen LogP contribution in [0.3, 0.4) is 0 Å². The zero-order valence-corrected chi connectivity index (χ0v) is 13.8. The second-order valence-corrected chi connectivity index (χ2v) is 6.33. The van der Waals surface area contributed by atoms with E-state index in [-0.39, 0.29) is 6.04 Å². The first kappa shape index (κ1) is 16.6. The molecule has 2 atom stereocenters. The van der Waals surface area contributed by atoms with Crippen molar-refractivity contribution in [3.05, 3.63) is 28.8 Å². The minimum atomic E-state index is -0.442. The summed E-state index contributed by atoms with van der Waals surface area (Å²) in [6.07, 6.45) is 1.24. The first-order valence-electron chi connectivity index (χ1n) is 7.40. The second kappa shape index (κ2) is 7.45. The van der Waals surface area contributed by atoms with Crippen LogP contribution in [0.1, 0.15) is 12.0 Å². The Morgan fingerprint density at radius 1 is 1.38 bits per heavy atom. The van der Waals surface area contributed by atoms with Gasteiger partial charge < -0.3 is 14.7 Å². The summed E-state index contributed by atoms with van der Waals surface area (Å²) in [5.41, 5.74) is 0.956. The highest BCUT2D eigenvalue weighted by Gasteiger charge is 2.27. The van der Waals surface area contributed by atoms with Crippen molar-refractivity contribution in [3.63, 3.8) is 0 Å². The summed E-state index contributed by atoms with van der Waals surface area (Å²) < 4.78 is 5.37. The van der Waals surface area contributed by atoms with Gasteiger partial charge in [0.1, 0.15) is 5.75 Å². The van der Waals surface area contributed by atoms with E-state index in [0.717, 1.165) is 37.4 Å². The zero-order valence-electron chi connectivity index (χ0n) is 13.1. The number of hydrogen-bond acceptors (Lipinski definition) is 4. The largest absolute Gasteiger partial charge is 0.496 e. The molecule has 1 aliphatic heterocycles. The van der Waals surface area contributed by atoms with E-state index in [1.54, 1.807) is 7.11 Å². The van der Waals surface area contributed by atoms with Crippen molar-refractivity contribution in [1.82, 2.24) is 9.80 Å². The first-order valence-corrected chi connectivity index (χ1v) is 7.78. The maximum atomic E-state index is 10.7. The van der Waals surface area contributed by atoms with Gasteiger partial charge in [-0.3, -0.25) is 4.90 Å². The topological polar surface area (TPSA) is 35.9 Å². The van der Waals surface area contributed by atoms with Gasteiger partial charge in [0.15, 0.2) is 0 Å². The van der Waals surface area contributed by atoms with E-state index in [9.17, 15) is 5.11 Å². The Labute approximate surface area is 132 Å². The van der Waals surface area contributed by atoms with Gasteiger partial charge in [0, 0.05) is 24.0 Å². The van der Waals surface area contributed by atoms with E-state index in [0.29, 0.717) is 11.4 Å². The molecule has 1 aliphatic rings. The van der Waals surface area contributed by atoms with Crippen LogP contribution in [0.2, 0.25) is 5.02 Å². The van der Waals surface area contributed by atoms with E-state index in [2.05, 4.69) is 23.9 Å². The summed E-state index contributed by atoms with van der Waals surface area (Å²) in [7, 11) is 5.84. The van der Waals surface area contributed by atoms with Crippen molar-refractivity contribution in [1.29, 1.82) is 0 Å². The third kappa shape index (κ3) is 4.33. The molecule has 2 rings (SSSR count). The van der Waals surface area contributed by atoms with Gasteiger partial charge in [-0.2, -0.15) is 0 Å². The molecule has 0 spiro atoms. The van der Waals surface area contributed by atoms with Crippen LogP contribution in [-0.2, 0) is 6.42 Å². The maximum Gasteiger partial charge on any atom is 0.122 e. The predicted molar refractivity (Wildman–Crippen MR) is 86.2 cm³/mol. The average molecular weight is 313 g/mol. The highest BCUT2D eigenvalue weighted by atomic mass is 35.5. The van der Waals surface area contributed by atoms with Gasteiger partial charge in [-0.1, -0.05) is 11.6 Å². The number of rotatable bonds is 4. The van der Waals surface area contributed by atoms with Crippen LogP contribution in [0.5, 0.6) is 5.75 Å². The lowest BCUT2D eigenvalue weighted by atomic mass is 10.00. The number of methoxy groups -OCH3 is 1. The summed E-state index contributed by atoms with van der Waals surface area (Å²) in [5.74, 6) is 0.781. The van der Waals surface area contributed by atoms with E-state index in [1.807, 2.05) is 18.2 Å². The third-order valence-corrected chi connectivity index (χ3v) is 4.47. The molecule has 118 valence electrons. The Bertz CT molecular complexity index is 470. The van der Waals surface area contributed by atoms with E-state index >= 15 is 0 Å². The lowest BCUT2D eigenvalue weighted by Crippen LogP contribution is -2.47. The summed E-state index contributed by atoms with van der Waals surface area (Å²) in [4.78, 5) is 4.54. The molecule has 5 heteroatoms. The van der Waals surface area contributed by atoms with Crippen molar-refractivity contribution in [2.24, 2.45) is 0 Å². The van der Waals surface area contributed by atoms with Gasteiger partial charge in [-0.25, -0.2) is 0 Å². The number of aliphatic hydroxyl groups is 1. The molecule has 1 aromatic carbocycles. The fourth-order valence-electron chi connectivity index (χ4n) is 2.99. The van der Waals surface area contributed by atoms with Crippen molar-refractivity contribution < 1.29 is 9.84 Å². The molecule has 1 N–H and O–H groups in total. The van der Waals surface area contributed by atoms with Crippen LogP contribution < -0.4 is 4.74 Å². The minimum Gasteiger partial charge on any atom is -0.496 e. The summed E-state index contributed by atoms with van der Waals surface area (Å²) >= 11 is 6.07. The maximum absolute atomic E-state index is 10.7. The van der Waals surface area contributed by atoms with E-state index in [1.165, 1.54) is 0 Å². The smallest absolute Gasteiger partial charge is 0.122 e. The SMILES string of the molecule is COc1ccc(Cl)cc1CC(O)C1CN(C)CCCN1C. The number of halogens is 1. The van der Waals surface area contributed by atoms with Gasteiger partial charge >= 0.3 is 0 Å². The Morgan fingerprint density at radius 2 is 2.14 bits per heavy atom. The summed E-state index contributed by atoms with van der Waals surface area (Å²) in [6.45, 7) is 2.97. The number of aliphatic hydroxyl groups excluding tert-OH is 1. The second-order valence-electron chi connectivity index (χ2n) is 5.89. The van der Waals surface area contributed by atoms with Crippen molar-refractivity contribution in [2.75, 3.05) is 40.8 Å². The molecule has 4 nitrogen and oxygen atoms in total. The summed E-state index contributed by atoms with van der Waals surface area (Å²) in [6, 6.07) is 5.67. The van der Waals surface area contributed by atoms with Gasteiger partial charge in [-0.05, 0) is 57.4 Å². The molecule has 0 aromatic heterocycles. The van der Waals surface area contributed by atoms with Crippen LogP contribution in [0, 0.1) is 0 Å². The first-order chi connectivity index (χ1) is 10.0. The third-order valence-electron chi connectivity index (χ3n) is 4.23. The number of benzene rings is 1. The predicted octanol–water partition coefficient (Wildman–Crippen LogP) is 1.89. The summed E-state index contributed by atoms with van der Waals surface area (Å²) in [5, 5.41) is 11.4. The standard InChI is InChI=1S/C16H25ClN2O2/c1-18-7-4-8-19(2)14(11-18)15(20)10-12-9-13(17)5-6-16(12)21-3/h5-6,9,14-15,20H,4,7-8,10-11H2,1-3H3. The van der Waals surface area contributed by atoms with E-state index < -0.39 is 6.10 Å². The van der Waals surface area contributed by atoms with E-state index in [4.69, 9.17) is 16.3 Å². The Morgan fingerprint density at radius 3 is 2.86 bits per heavy atom. The number of likely N-dealkylation sites (N-methyl/N-ethyl adjacent to an activating group) is 2. The molecule has 1 heterocycles. The quantitative estimate of drug-likeness (QED) is 0.921. The molecule has 1 saturated heterocycles. The monoisotopic (exact) mass is 312 g/mol. The molecule has 0 bridgehead atoms. The van der Waals surface area contributed by atoms with Crippen molar-refractivity contribution in [3.8, 4) is 5.75 Å². The fraction of sp³-hybridized carbons (Fsp3) is 0.625. The van der Waals surface area contributed by atoms with Crippen LogP contribution in [0.4, 0.5) is 0 Å². The molecule has 1 aromatic rings. The van der Waals surface area contributed by atoms with Crippen LogP contribution >= 0.6 is 11.6 Å². The normalized spacial score (nSPS) is 22.8. The highest BCUT2D eigenvalue weighted by molar-refractivity contribution is 6.30. The average Bonchev–Trinajstić information content (AvgIpc) is 2.60. The fourth-order valence-corrected chi connectivity index (χ4v) is 3.18. The molecule has 0 radical (unpaired) electrons. The van der Waals surface area contributed by atoms with Crippen LogP contribution in [-0.4, -0.2) is 67.9 Å². The van der Waals surface area contributed by atoms with Gasteiger partial charge in [0.05, 0.1) is 13.2 Å². The molecular formula is C16H25ClN2O2. The molecular weight excluding hydrogens is 288 g/mol. The highest BCUT2D eigenvalue weighted by Crippen LogP contribution is 2.25. The minimum absolute atomic E-state index is 0.126.